The van der Waals surface area contributed by atoms with E-state index in [0.717, 1.165) is 28.9 Å². The van der Waals surface area contributed by atoms with Crippen LogP contribution in [0.15, 0.2) is 23.2 Å². The number of amidine groups is 1. The van der Waals surface area contributed by atoms with Crippen molar-refractivity contribution in [3.63, 3.8) is 0 Å². The summed E-state index contributed by atoms with van der Waals surface area (Å²) in [6.45, 7) is 8.33. The highest BCUT2D eigenvalue weighted by atomic mass is 32.2. The van der Waals surface area contributed by atoms with Gasteiger partial charge in [-0.15, -0.1) is 0 Å². The maximum atomic E-state index is 5.64. The average molecular weight is 308 g/mol. The molecule has 0 saturated carbocycles. The van der Waals surface area contributed by atoms with Gasteiger partial charge >= 0.3 is 0 Å². The molecule has 21 heavy (non-hydrogen) atoms. The molecule has 1 aliphatic heterocycles. The molecule has 0 aromatic heterocycles. The van der Waals surface area contributed by atoms with Gasteiger partial charge in [0.05, 0.1) is 19.8 Å². The quantitative estimate of drug-likeness (QED) is 0.821. The minimum absolute atomic E-state index is 0.617. The molecular formula is C16H24N2O2S. The molecule has 0 aliphatic carbocycles. The van der Waals surface area contributed by atoms with Gasteiger partial charge in [-0.25, -0.2) is 0 Å². The van der Waals surface area contributed by atoms with Crippen molar-refractivity contribution in [2.24, 2.45) is 4.99 Å². The molecule has 1 N–H and O–H groups in total. The first-order chi connectivity index (χ1) is 10.3. The minimum Gasteiger partial charge on any atom is -0.490 e. The zero-order valence-electron chi connectivity index (χ0n) is 13.0. The number of thioether (sulfide) groups is 1. The highest BCUT2D eigenvalue weighted by Gasteiger charge is 2.19. The van der Waals surface area contributed by atoms with Crippen molar-refractivity contribution >= 4 is 22.6 Å². The van der Waals surface area contributed by atoms with Gasteiger partial charge in [-0.3, -0.25) is 4.99 Å². The highest BCUT2D eigenvalue weighted by molar-refractivity contribution is 8.15. The van der Waals surface area contributed by atoms with E-state index in [9.17, 15) is 0 Å². The molecule has 0 fully saturated rings. The second-order valence-electron chi connectivity index (χ2n) is 4.83. The summed E-state index contributed by atoms with van der Waals surface area (Å²) in [7, 11) is 0. The van der Waals surface area contributed by atoms with Gasteiger partial charge in [0.1, 0.15) is 0 Å². The molecule has 0 saturated heterocycles. The van der Waals surface area contributed by atoms with E-state index in [0.29, 0.717) is 18.5 Å². The predicted octanol–water partition coefficient (Wildman–Crippen LogP) is 4.17. The summed E-state index contributed by atoms with van der Waals surface area (Å²) in [6.07, 6.45) is 2.42. The molecule has 116 valence electrons. The molecule has 1 aliphatic rings. The van der Waals surface area contributed by atoms with E-state index < -0.39 is 0 Å². The summed E-state index contributed by atoms with van der Waals surface area (Å²) < 4.78 is 11.2. The van der Waals surface area contributed by atoms with E-state index in [2.05, 4.69) is 17.2 Å². The standard InChI is InChI=1S/C16H24N2O2S/c1-4-7-13-11-17-16(21-13)18-12-8-9-14(19-5-2)15(10-12)20-6-3/h8-10,13H,4-7,11H2,1-3H3,(H,17,18). The lowest BCUT2D eigenvalue weighted by Crippen LogP contribution is -2.08. The lowest BCUT2D eigenvalue weighted by atomic mass is 10.2. The van der Waals surface area contributed by atoms with Crippen LogP contribution in [-0.4, -0.2) is 30.2 Å². The number of nitrogens with one attached hydrogen (secondary N) is 1. The molecule has 1 aromatic carbocycles. The molecule has 4 nitrogen and oxygen atoms in total. The number of ether oxygens (including phenoxy) is 2. The summed E-state index contributed by atoms with van der Waals surface area (Å²) in [4.78, 5) is 4.56. The van der Waals surface area contributed by atoms with Crippen molar-refractivity contribution in [3.8, 4) is 11.5 Å². The van der Waals surface area contributed by atoms with Crippen molar-refractivity contribution in [3.05, 3.63) is 18.2 Å². The minimum atomic E-state index is 0.617. The molecule has 0 spiro atoms. The summed E-state index contributed by atoms with van der Waals surface area (Å²) in [5, 5.41) is 4.99. The summed E-state index contributed by atoms with van der Waals surface area (Å²) >= 11 is 1.83. The molecule has 5 heteroatoms. The number of aliphatic imine (C=N–C) groups is 1. The Bertz CT molecular complexity index is 491. The van der Waals surface area contributed by atoms with Crippen molar-refractivity contribution in [1.29, 1.82) is 0 Å². The largest absolute Gasteiger partial charge is 0.490 e. The number of anilines is 1. The number of hydrogen-bond acceptors (Lipinski definition) is 5. The van der Waals surface area contributed by atoms with Crippen LogP contribution in [0.25, 0.3) is 0 Å². The van der Waals surface area contributed by atoms with Crippen LogP contribution in [0, 0.1) is 0 Å². The van der Waals surface area contributed by atoms with Crippen molar-refractivity contribution < 1.29 is 9.47 Å². The van der Waals surface area contributed by atoms with Crippen molar-refractivity contribution in [1.82, 2.24) is 0 Å². The predicted molar refractivity (Wildman–Crippen MR) is 91.0 cm³/mol. The first-order valence-electron chi connectivity index (χ1n) is 7.64. The van der Waals surface area contributed by atoms with E-state index in [4.69, 9.17) is 9.47 Å². The molecule has 0 radical (unpaired) electrons. The average Bonchev–Trinajstić information content (AvgIpc) is 2.90. The first kappa shape index (κ1) is 16.0. The Morgan fingerprint density at radius 2 is 1.95 bits per heavy atom. The Hall–Kier alpha value is -1.36. The monoisotopic (exact) mass is 308 g/mol. The third-order valence-electron chi connectivity index (χ3n) is 3.12. The van der Waals surface area contributed by atoms with Gasteiger partial charge in [0, 0.05) is 17.0 Å². The van der Waals surface area contributed by atoms with Crippen LogP contribution in [0.1, 0.15) is 33.6 Å². The highest BCUT2D eigenvalue weighted by Crippen LogP contribution is 2.32. The number of rotatable bonds is 7. The van der Waals surface area contributed by atoms with Gasteiger partial charge in [0.15, 0.2) is 16.7 Å². The van der Waals surface area contributed by atoms with Crippen LogP contribution >= 0.6 is 11.8 Å². The number of nitrogens with zero attached hydrogens (tertiary/aromatic N) is 1. The van der Waals surface area contributed by atoms with Gasteiger partial charge in [-0.2, -0.15) is 0 Å². The smallest absolute Gasteiger partial charge is 0.163 e. The van der Waals surface area contributed by atoms with E-state index in [-0.39, 0.29) is 0 Å². The van der Waals surface area contributed by atoms with Crippen LogP contribution in [0.3, 0.4) is 0 Å². The topological polar surface area (TPSA) is 42.9 Å². The van der Waals surface area contributed by atoms with E-state index in [1.807, 2.05) is 43.8 Å². The molecule has 1 heterocycles. The molecule has 2 rings (SSSR count). The zero-order chi connectivity index (χ0) is 15.1. The van der Waals surface area contributed by atoms with Crippen LogP contribution in [0.4, 0.5) is 5.69 Å². The molecule has 0 bridgehead atoms. The first-order valence-corrected chi connectivity index (χ1v) is 8.52. The van der Waals surface area contributed by atoms with Crippen molar-refractivity contribution in [2.75, 3.05) is 25.1 Å². The van der Waals surface area contributed by atoms with Gasteiger partial charge in [0.2, 0.25) is 0 Å². The van der Waals surface area contributed by atoms with E-state index in [1.165, 1.54) is 12.8 Å². The Balaban J connectivity index is 2.02. The second-order valence-corrected chi connectivity index (χ2v) is 6.12. The summed E-state index contributed by atoms with van der Waals surface area (Å²) in [5.74, 6) is 1.56. The number of hydrogen-bond donors (Lipinski definition) is 1. The molecule has 1 aromatic rings. The zero-order valence-corrected chi connectivity index (χ0v) is 13.8. The lowest BCUT2D eigenvalue weighted by Gasteiger charge is -2.13. The third-order valence-corrected chi connectivity index (χ3v) is 4.29. The lowest BCUT2D eigenvalue weighted by molar-refractivity contribution is 0.288. The summed E-state index contributed by atoms with van der Waals surface area (Å²) in [5.41, 5.74) is 0.991. The maximum absolute atomic E-state index is 5.64. The molecule has 1 unspecified atom stereocenters. The Morgan fingerprint density at radius 3 is 2.67 bits per heavy atom. The molecule has 0 amide bonds. The Morgan fingerprint density at radius 1 is 1.19 bits per heavy atom. The van der Waals surface area contributed by atoms with Crippen LogP contribution in [0.2, 0.25) is 0 Å². The fourth-order valence-corrected chi connectivity index (χ4v) is 3.35. The van der Waals surface area contributed by atoms with Gasteiger partial charge < -0.3 is 14.8 Å². The fourth-order valence-electron chi connectivity index (χ4n) is 2.21. The maximum Gasteiger partial charge on any atom is 0.163 e. The normalized spacial score (nSPS) is 17.5. The van der Waals surface area contributed by atoms with E-state index in [1.54, 1.807) is 0 Å². The van der Waals surface area contributed by atoms with Crippen LogP contribution in [0.5, 0.6) is 11.5 Å². The summed E-state index contributed by atoms with van der Waals surface area (Å²) in [6, 6.07) is 5.93. The SMILES string of the molecule is CCCC1CN=C(Nc2ccc(OCC)c(OCC)c2)S1. The Kier molecular flexibility index (Phi) is 6.23. The molecule has 1 atom stereocenters. The fraction of sp³-hybridized carbons (Fsp3) is 0.562. The van der Waals surface area contributed by atoms with Crippen LogP contribution in [-0.2, 0) is 0 Å². The second kappa shape index (κ2) is 8.17. The Labute approximate surface area is 131 Å². The molecular weight excluding hydrogens is 284 g/mol. The van der Waals surface area contributed by atoms with Gasteiger partial charge in [0.25, 0.3) is 0 Å². The van der Waals surface area contributed by atoms with E-state index >= 15 is 0 Å². The van der Waals surface area contributed by atoms with Crippen LogP contribution < -0.4 is 14.8 Å². The number of benzene rings is 1. The van der Waals surface area contributed by atoms with Crippen molar-refractivity contribution in [2.45, 2.75) is 38.9 Å². The van der Waals surface area contributed by atoms with Gasteiger partial charge in [-0.1, -0.05) is 25.1 Å². The third kappa shape index (κ3) is 4.56. The van der Waals surface area contributed by atoms with Gasteiger partial charge in [-0.05, 0) is 32.4 Å².